The summed E-state index contributed by atoms with van der Waals surface area (Å²) in [6.45, 7) is 2.32. The number of carbonyl (C=O) groups excluding carboxylic acids is 1. The lowest BCUT2D eigenvalue weighted by molar-refractivity contribution is -0.119. The van der Waals surface area contributed by atoms with Crippen molar-refractivity contribution < 1.29 is 27.1 Å². The number of aromatic nitrogens is 1. The van der Waals surface area contributed by atoms with Crippen LogP contribution >= 0.6 is 0 Å². The van der Waals surface area contributed by atoms with Crippen molar-refractivity contribution in [2.24, 2.45) is 0 Å². The molecule has 3 aromatic carbocycles. The predicted octanol–water partition coefficient (Wildman–Crippen LogP) is 6.28. The summed E-state index contributed by atoms with van der Waals surface area (Å²) in [6.07, 6.45) is 2.41. The van der Waals surface area contributed by atoms with Crippen molar-refractivity contribution in [3.63, 3.8) is 0 Å². The van der Waals surface area contributed by atoms with Crippen LogP contribution in [0.15, 0.2) is 54.7 Å². The van der Waals surface area contributed by atoms with E-state index in [-0.39, 0.29) is 17.0 Å². The molecule has 1 aliphatic heterocycles. The van der Waals surface area contributed by atoms with Crippen LogP contribution in [-0.4, -0.2) is 38.9 Å². The lowest BCUT2D eigenvalue weighted by atomic mass is 9.45. The van der Waals surface area contributed by atoms with Crippen molar-refractivity contribution in [2.75, 3.05) is 30.9 Å². The number of benzene rings is 3. The van der Waals surface area contributed by atoms with E-state index < -0.39 is 34.1 Å². The van der Waals surface area contributed by atoms with Crippen LogP contribution < -0.4 is 15.0 Å². The summed E-state index contributed by atoms with van der Waals surface area (Å²) in [6, 6.07) is 11.0. The Morgan fingerprint density at radius 3 is 2.62 bits per heavy atom. The second kappa shape index (κ2) is 10.2. The predicted molar refractivity (Wildman–Crippen MR) is 144 cm³/mol. The average Bonchev–Trinajstić information content (AvgIpc) is 2.91. The molecular formula is C29H25BF4N3O2. The maximum Gasteiger partial charge on any atom is 0.227 e. The van der Waals surface area contributed by atoms with E-state index in [4.69, 9.17) is 4.74 Å². The zero-order valence-electron chi connectivity index (χ0n) is 21.6. The van der Waals surface area contributed by atoms with E-state index in [1.54, 1.807) is 19.0 Å². The molecule has 199 valence electrons. The number of amides is 1. The highest BCUT2D eigenvalue weighted by Crippen LogP contribution is 2.42. The molecule has 4 aromatic rings. The molecule has 0 fully saturated rings. The van der Waals surface area contributed by atoms with Crippen LogP contribution in [0, 0.1) is 23.3 Å². The number of ether oxygens (including phenoxy) is 1. The molecule has 39 heavy (non-hydrogen) atoms. The third kappa shape index (κ3) is 4.47. The van der Waals surface area contributed by atoms with E-state index in [1.165, 1.54) is 12.3 Å². The first-order chi connectivity index (χ1) is 18.7. The van der Waals surface area contributed by atoms with Gasteiger partial charge in [-0.15, -0.1) is 0 Å². The fourth-order valence-corrected chi connectivity index (χ4v) is 5.34. The molecule has 1 atom stereocenters. The van der Waals surface area contributed by atoms with Gasteiger partial charge in [0.05, 0.1) is 35.0 Å². The average molecular weight is 534 g/mol. The SMILES string of the molecule is CC[B][C@@]1(C(=O)Nc2cnc3c(-c4cc(F)cc(F)c4F)c(F)ccc3c2N(C)C)CCOc2ccccc21. The Morgan fingerprint density at radius 1 is 1.10 bits per heavy atom. The van der Waals surface area contributed by atoms with E-state index in [0.717, 1.165) is 17.7 Å². The number of rotatable bonds is 6. The molecule has 1 N–H and O–H groups in total. The van der Waals surface area contributed by atoms with Gasteiger partial charge in [-0.25, -0.2) is 17.6 Å². The quantitative estimate of drug-likeness (QED) is 0.180. The van der Waals surface area contributed by atoms with Crippen LogP contribution in [0.1, 0.15) is 18.9 Å². The van der Waals surface area contributed by atoms with Gasteiger partial charge in [0.1, 0.15) is 24.7 Å². The number of hydrogen-bond acceptors (Lipinski definition) is 4. The Hall–Kier alpha value is -4.08. The van der Waals surface area contributed by atoms with Gasteiger partial charge >= 0.3 is 0 Å². The molecule has 10 heteroatoms. The first kappa shape index (κ1) is 26.5. The summed E-state index contributed by atoms with van der Waals surface area (Å²) < 4.78 is 63.6. The van der Waals surface area contributed by atoms with E-state index >= 15 is 4.39 Å². The van der Waals surface area contributed by atoms with Crippen molar-refractivity contribution in [1.29, 1.82) is 0 Å². The molecule has 0 unspecified atom stereocenters. The van der Waals surface area contributed by atoms with Crippen LogP contribution in [0.2, 0.25) is 6.32 Å². The largest absolute Gasteiger partial charge is 0.493 e. The van der Waals surface area contributed by atoms with Crippen LogP contribution in [0.3, 0.4) is 0 Å². The molecule has 1 aliphatic rings. The highest BCUT2D eigenvalue weighted by Gasteiger charge is 2.44. The van der Waals surface area contributed by atoms with Gasteiger partial charge < -0.3 is 15.0 Å². The number of anilines is 2. The summed E-state index contributed by atoms with van der Waals surface area (Å²) in [5, 5.41) is 2.41. The molecule has 0 saturated heterocycles. The summed E-state index contributed by atoms with van der Waals surface area (Å²) >= 11 is 0. The van der Waals surface area contributed by atoms with Crippen LogP contribution in [-0.2, 0) is 10.1 Å². The second-order valence-electron chi connectivity index (χ2n) is 9.62. The summed E-state index contributed by atoms with van der Waals surface area (Å²) in [4.78, 5) is 20.0. The standard InChI is InChI=1S/C29H25BF4N3O2/c1-4-30-29(11-12-39-23-8-6-5-7-19(23)29)28(38)36-22-15-35-26-17(27(22)37(2)3)9-10-20(32)24(26)18-13-16(31)14-21(33)25(18)34/h5-10,13-15H,4,11-12H2,1-3H3,(H,36,38)/t29-/m0/s1. The molecule has 5 nitrogen and oxygen atoms in total. The van der Waals surface area contributed by atoms with E-state index in [1.807, 2.05) is 38.5 Å². The minimum Gasteiger partial charge on any atom is -0.493 e. The van der Waals surface area contributed by atoms with Crippen molar-refractivity contribution in [3.05, 3.63) is 83.6 Å². The van der Waals surface area contributed by atoms with Crippen LogP contribution in [0.5, 0.6) is 5.75 Å². The van der Waals surface area contributed by atoms with Crippen molar-refractivity contribution in [2.45, 2.75) is 25.0 Å². The number of fused-ring (bicyclic) bond motifs is 2. The van der Waals surface area contributed by atoms with Gasteiger partial charge in [0.25, 0.3) is 0 Å². The number of hydrogen-bond donors (Lipinski definition) is 1. The normalized spacial score (nSPS) is 16.4. The minimum atomic E-state index is -1.44. The molecule has 1 aromatic heterocycles. The Kier molecular flexibility index (Phi) is 6.97. The zero-order chi connectivity index (χ0) is 27.9. The Balaban J connectivity index is 1.66. The molecule has 2 heterocycles. The van der Waals surface area contributed by atoms with Crippen molar-refractivity contribution >= 4 is 35.5 Å². The highest BCUT2D eigenvalue weighted by molar-refractivity contribution is 6.48. The van der Waals surface area contributed by atoms with Crippen molar-refractivity contribution in [3.8, 4) is 16.9 Å². The third-order valence-corrected chi connectivity index (χ3v) is 7.00. The second-order valence-corrected chi connectivity index (χ2v) is 9.62. The Morgan fingerprint density at radius 2 is 1.87 bits per heavy atom. The van der Waals surface area contributed by atoms with Gasteiger partial charge in [0.2, 0.25) is 5.91 Å². The van der Waals surface area contributed by atoms with Crippen LogP contribution in [0.25, 0.3) is 22.0 Å². The molecule has 0 saturated carbocycles. The third-order valence-electron chi connectivity index (χ3n) is 7.00. The number of carbonyl (C=O) groups is 1. The summed E-state index contributed by atoms with van der Waals surface area (Å²) in [5.74, 6) is -4.42. The number of nitrogens with zero attached hydrogens (tertiary/aromatic N) is 2. The molecule has 0 bridgehead atoms. The number of halogens is 4. The monoisotopic (exact) mass is 534 g/mol. The molecule has 1 amide bonds. The summed E-state index contributed by atoms with van der Waals surface area (Å²) in [7, 11) is 5.42. The number of nitrogens with one attached hydrogen (secondary N) is 1. The van der Waals surface area contributed by atoms with E-state index in [0.29, 0.717) is 47.9 Å². The fraction of sp³-hybridized carbons (Fsp3) is 0.241. The fourth-order valence-electron chi connectivity index (χ4n) is 5.34. The van der Waals surface area contributed by atoms with Gasteiger partial charge in [0.15, 0.2) is 11.6 Å². The number of para-hydroxylation sites is 1. The van der Waals surface area contributed by atoms with Gasteiger partial charge in [-0.3, -0.25) is 9.78 Å². The number of pyridine rings is 1. The Bertz CT molecular complexity index is 1600. The van der Waals surface area contributed by atoms with Gasteiger partial charge in [-0.2, -0.15) is 0 Å². The van der Waals surface area contributed by atoms with Gasteiger partial charge in [-0.05, 0) is 30.7 Å². The molecule has 5 rings (SSSR count). The zero-order valence-corrected chi connectivity index (χ0v) is 21.6. The van der Waals surface area contributed by atoms with Crippen LogP contribution in [0.4, 0.5) is 28.9 Å². The molecule has 0 spiro atoms. The lowest BCUT2D eigenvalue weighted by Gasteiger charge is -2.37. The molecular weight excluding hydrogens is 509 g/mol. The molecule has 0 aliphatic carbocycles. The van der Waals surface area contributed by atoms with Crippen molar-refractivity contribution in [1.82, 2.24) is 4.98 Å². The maximum atomic E-state index is 15.1. The smallest absolute Gasteiger partial charge is 0.227 e. The van der Waals surface area contributed by atoms with E-state index in [2.05, 4.69) is 10.3 Å². The van der Waals surface area contributed by atoms with E-state index in [9.17, 15) is 18.0 Å². The first-order valence-corrected chi connectivity index (χ1v) is 12.5. The molecule has 1 radical (unpaired) electrons. The lowest BCUT2D eigenvalue weighted by Crippen LogP contribution is -2.48. The minimum absolute atomic E-state index is 0.00755. The highest BCUT2D eigenvalue weighted by atomic mass is 19.2. The van der Waals surface area contributed by atoms with Gasteiger partial charge in [-0.1, -0.05) is 31.4 Å². The first-order valence-electron chi connectivity index (χ1n) is 12.5. The topological polar surface area (TPSA) is 54.5 Å². The maximum absolute atomic E-state index is 15.1. The van der Waals surface area contributed by atoms with Gasteiger partial charge in [0, 0.05) is 42.2 Å². The Labute approximate surface area is 224 Å². The summed E-state index contributed by atoms with van der Waals surface area (Å²) in [5.41, 5.74) is 0.599.